The fraction of sp³-hybridized carbons (Fsp3) is 0.364. The molecule has 1 saturated heterocycles. The van der Waals surface area contributed by atoms with Gasteiger partial charge in [-0.25, -0.2) is 13.2 Å². The summed E-state index contributed by atoms with van der Waals surface area (Å²) in [6.45, 7) is 0.431. The molecule has 0 aromatic heterocycles. The van der Waals surface area contributed by atoms with Crippen molar-refractivity contribution in [1.29, 1.82) is 0 Å². The predicted molar refractivity (Wildman–Crippen MR) is 53.2 cm³/mol. The molecule has 0 aliphatic carbocycles. The maximum atomic E-state index is 13.3. The topological polar surface area (TPSA) is 20.3 Å². The number of nitrogens with zero attached hydrogens (tertiary/aromatic N) is 1. The van der Waals surface area contributed by atoms with E-state index in [1.807, 2.05) is 0 Å². The molecule has 0 saturated carbocycles. The highest BCUT2D eigenvalue weighted by atomic mass is 19.1. The van der Waals surface area contributed by atoms with Crippen molar-refractivity contribution in [3.05, 3.63) is 29.3 Å². The number of hydrogen-bond acceptors (Lipinski definition) is 2. The van der Waals surface area contributed by atoms with E-state index >= 15 is 0 Å². The molecule has 0 unspecified atom stereocenters. The van der Waals surface area contributed by atoms with Gasteiger partial charge in [0.25, 0.3) is 0 Å². The molecular weight excluding hydrogens is 219 g/mol. The molecule has 1 aliphatic rings. The minimum atomic E-state index is -1.21. The minimum absolute atomic E-state index is 0.116. The quantitative estimate of drug-likeness (QED) is 0.574. The van der Waals surface area contributed by atoms with Gasteiger partial charge in [0.2, 0.25) is 0 Å². The standard InChI is InChI=1S/C11H10F3NO/c12-9-4-7(5-10(13)8(9)6-16)15-3-1-2-11(15)14/h4-6,11H,1-3H2/t11-/m0/s1. The van der Waals surface area contributed by atoms with E-state index in [1.54, 1.807) is 0 Å². The molecule has 2 rings (SSSR count). The van der Waals surface area contributed by atoms with Crippen LogP contribution in [0.25, 0.3) is 0 Å². The third-order valence-corrected chi connectivity index (χ3v) is 2.69. The van der Waals surface area contributed by atoms with Gasteiger partial charge in [-0.3, -0.25) is 4.79 Å². The molecule has 86 valence electrons. The molecule has 0 spiro atoms. The number of carbonyl (C=O) groups excluding carboxylic acids is 1. The molecule has 0 bridgehead atoms. The number of rotatable bonds is 2. The highest BCUT2D eigenvalue weighted by Crippen LogP contribution is 2.28. The van der Waals surface area contributed by atoms with Crippen molar-refractivity contribution in [2.75, 3.05) is 11.4 Å². The molecule has 5 heteroatoms. The summed E-state index contributed by atoms with van der Waals surface area (Å²) < 4.78 is 39.9. The Labute approximate surface area is 90.7 Å². The molecule has 1 aromatic carbocycles. The Morgan fingerprint density at radius 1 is 1.31 bits per heavy atom. The van der Waals surface area contributed by atoms with E-state index in [0.717, 1.165) is 12.1 Å². The minimum Gasteiger partial charge on any atom is -0.342 e. The molecule has 2 nitrogen and oxygen atoms in total. The smallest absolute Gasteiger partial charge is 0.172 e. The SMILES string of the molecule is O=Cc1c(F)cc(N2CCC[C@H]2F)cc1F. The number of alkyl halides is 1. The summed E-state index contributed by atoms with van der Waals surface area (Å²) >= 11 is 0. The first-order valence-corrected chi connectivity index (χ1v) is 4.98. The van der Waals surface area contributed by atoms with Crippen LogP contribution in [0.1, 0.15) is 23.2 Å². The van der Waals surface area contributed by atoms with Gasteiger partial charge in [-0.2, -0.15) is 0 Å². The van der Waals surface area contributed by atoms with E-state index in [1.165, 1.54) is 4.90 Å². The summed E-state index contributed by atoms with van der Waals surface area (Å²) in [7, 11) is 0. The highest BCUT2D eigenvalue weighted by Gasteiger charge is 2.25. The van der Waals surface area contributed by atoms with Crippen LogP contribution in [0.5, 0.6) is 0 Å². The molecule has 1 fully saturated rings. The van der Waals surface area contributed by atoms with Crippen LogP contribution < -0.4 is 4.90 Å². The molecule has 1 aliphatic heterocycles. The van der Waals surface area contributed by atoms with Crippen molar-refractivity contribution in [1.82, 2.24) is 0 Å². The average molecular weight is 229 g/mol. The van der Waals surface area contributed by atoms with E-state index in [9.17, 15) is 18.0 Å². The van der Waals surface area contributed by atoms with Gasteiger partial charge in [0, 0.05) is 12.2 Å². The molecule has 1 heterocycles. The molecule has 16 heavy (non-hydrogen) atoms. The van der Waals surface area contributed by atoms with Gasteiger partial charge < -0.3 is 4.90 Å². The van der Waals surface area contributed by atoms with E-state index < -0.39 is 23.5 Å². The molecule has 0 radical (unpaired) electrons. The van der Waals surface area contributed by atoms with Gasteiger partial charge in [-0.1, -0.05) is 0 Å². The van der Waals surface area contributed by atoms with Crippen molar-refractivity contribution < 1.29 is 18.0 Å². The van der Waals surface area contributed by atoms with E-state index in [0.29, 0.717) is 19.4 Å². The van der Waals surface area contributed by atoms with Gasteiger partial charge in [0.15, 0.2) is 12.6 Å². The second-order valence-electron chi connectivity index (χ2n) is 3.71. The monoisotopic (exact) mass is 229 g/mol. The lowest BCUT2D eigenvalue weighted by Crippen LogP contribution is -2.25. The Hall–Kier alpha value is -1.52. The summed E-state index contributed by atoms with van der Waals surface area (Å²) in [4.78, 5) is 11.7. The average Bonchev–Trinajstić information content (AvgIpc) is 2.64. The fourth-order valence-electron chi connectivity index (χ4n) is 1.87. The molecular formula is C11H10F3NO. The Morgan fingerprint density at radius 3 is 2.38 bits per heavy atom. The zero-order valence-corrected chi connectivity index (χ0v) is 8.42. The van der Waals surface area contributed by atoms with E-state index in [-0.39, 0.29) is 12.0 Å². The number of benzene rings is 1. The lowest BCUT2D eigenvalue weighted by Gasteiger charge is -2.21. The van der Waals surface area contributed by atoms with E-state index in [4.69, 9.17) is 0 Å². The summed E-state index contributed by atoms with van der Waals surface area (Å²) in [5, 5.41) is 0. The van der Waals surface area contributed by atoms with Crippen LogP contribution in [0.2, 0.25) is 0 Å². The third kappa shape index (κ3) is 1.77. The number of anilines is 1. The van der Waals surface area contributed by atoms with Crippen molar-refractivity contribution >= 4 is 12.0 Å². The van der Waals surface area contributed by atoms with Crippen molar-refractivity contribution in [3.63, 3.8) is 0 Å². The van der Waals surface area contributed by atoms with Crippen LogP contribution in [0.4, 0.5) is 18.9 Å². The number of hydrogen-bond donors (Lipinski definition) is 0. The Bertz CT molecular complexity index is 399. The second-order valence-corrected chi connectivity index (χ2v) is 3.71. The first kappa shape index (κ1) is 11.0. The number of halogens is 3. The van der Waals surface area contributed by atoms with Crippen LogP contribution >= 0.6 is 0 Å². The number of aldehydes is 1. The predicted octanol–water partition coefficient (Wildman–Crippen LogP) is 2.67. The maximum Gasteiger partial charge on any atom is 0.172 e. The van der Waals surface area contributed by atoms with Gasteiger partial charge in [-0.05, 0) is 25.0 Å². The Morgan fingerprint density at radius 2 is 1.94 bits per heavy atom. The maximum absolute atomic E-state index is 13.3. The van der Waals surface area contributed by atoms with Crippen LogP contribution in [0, 0.1) is 11.6 Å². The summed E-state index contributed by atoms with van der Waals surface area (Å²) in [5.41, 5.74) is -0.469. The van der Waals surface area contributed by atoms with Gasteiger partial charge in [0.1, 0.15) is 11.6 Å². The van der Waals surface area contributed by atoms with Gasteiger partial charge in [0.05, 0.1) is 5.56 Å². The van der Waals surface area contributed by atoms with Crippen LogP contribution in [0.15, 0.2) is 12.1 Å². The van der Waals surface area contributed by atoms with E-state index in [2.05, 4.69) is 0 Å². The Balaban J connectivity index is 2.39. The molecule has 1 aromatic rings. The van der Waals surface area contributed by atoms with Crippen LogP contribution in [-0.4, -0.2) is 19.1 Å². The summed E-state index contributed by atoms with van der Waals surface area (Å²) in [6, 6.07) is 1.98. The van der Waals surface area contributed by atoms with Crippen molar-refractivity contribution in [2.45, 2.75) is 19.1 Å². The first-order chi connectivity index (χ1) is 7.63. The third-order valence-electron chi connectivity index (χ3n) is 2.69. The largest absolute Gasteiger partial charge is 0.342 e. The lowest BCUT2D eigenvalue weighted by molar-refractivity contribution is 0.111. The normalized spacial score (nSPS) is 20.2. The van der Waals surface area contributed by atoms with Gasteiger partial charge in [-0.15, -0.1) is 0 Å². The zero-order valence-electron chi connectivity index (χ0n) is 8.42. The first-order valence-electron chi connectivity index (χ1n) is 4.98. The summed E-state index contributed by atoms with van der Waals surface area (Å²) in [5.74, 6) is -1.91. The van der Waals surface area contributed by atoms with Crippen molar-refractivity contribution in [2.24, 2.45) is 0 Å². The van der Waals surface area contributed by atoms with Crippen LogP contribution in [-0.2, 0) is 0 Å². The van der Waals surface area contributed by atoms with Crippen LogP contribution in [0.3, 0.4) is 0 Å². The molecule has 1 atom stereocenters. The second kappa shape index (κ2) is 4.15. The molecule has 0 amide bonds. The lowest BCUT2D eigenvalue weighted by atomic mass is 10.2. The van der Waals surface area contributed by atoms with Crippen molar-refractivity contribution in [3.8, 4) is 0 Å². The van der Waals surface area contributed by atoms with Gasteiger partial charge >= 0.3 is 0 Å². The number of carbonyl (C=O) groups is 1. The molecule has 0 N–H and O–H groups in total. The summed E-state index contributed by atoms with van der Waals surface area (Å²) in [6.07, 6.45) is -0.0787. The zero-order chi connectivity index (χ0) is 11.7. The highest BCUT2D eigenvalue weighted by molar-refractivity contribution is 5.77. The fourth-order valence-corrected chi connectivity index (χ4v) is 1.87. The Kier molecular flexibility index (Phi) is 2.85.